The number of aliphatic imine (C=N–C) groups is 2. The van der Waals surface area contributed by atoms with Gasteiger partial charge in [-0.3, -0.25) is 15.4 Å². The maximum absolute atomic E-state index is 4.01. The molecule has 1 aliphatic heterocycles. The highest BCUT2D eigenvalue weighted by molar-refractivity contribution is 5.74. The molecule has 0 spiro atoms. The highest BCUT2D eigenvalue weighted by Gasteiger charge is 2.00. The quantitative estimate of drug-likeness (QED) is 0.766. The summed E-state index contributed by atoms with van der Waals surface area (Å²) in [4.78, 5) is 7.93. The lowest BCUT2D eigenvalue weighted by Gasteiger charge is -2.20. The summed E-state index contributed by atoms with van der Waals surface area (Å²) in [6.07, 6.45) is 3.26. The first kappa shape index (κ1) is 8.74. The molecule has 1 N–H and O–H groups in total. The van der Waals surface area contributed by atoms with Gasteiger partial charge in [-0.05, 0) is 19.1 Å². The van der Waals surface area contributed by atoms with Gasteiger partial charge in [0.25, 0.3) is 0 Å². The molecule has 1 aromatic rings. The standard InChI is InChI=1S/C10H12N4/c1-9-2-4-10(5-3-9)13-14-7-11-6-12-8-14/h2-7,13H,8H2,1H3. The predicted molar refractivity (Wildman–Crippen MR) is 58.5 cm³/mol. The average molecular weight is 188 g/mol. The topological polar surface area (TPSA) is 40.0 Å². The predicted octanol–water partition coefficient (Wildman–Crippen LogP) is 1.65. The Bertz CT molecular complexity index is 353. The van der Waals surface area contributed by atoms with E-state index >= 15 is 0 Å². The Morgan fingerprint density at radius 3 is 2.71 bits per heavy atom. The second-order valence-corrected chi connectivity index (χ2v) is 3.15. The zero-order valence-corrected chi connectivity index (χ0v) is 8.01. The minimum Gasteiger partial charge on any atom is -0.296 e. The van der Waals surface area contributed by atoms with E-state index in [0.29, 0.717) is 6.67 Å². The van der Waals surface area contributed by atoms with E-state index in [1.807, 2.05) is 17.1 Å². The van der Waals surface area contributed by atoms with Crippen molar-refractivity contribution in [3.8, 4) is 0 Å². The van der Waals surface area contributed by atoms with Crippen molar-refractivity contribution < 1.29 is 0 Å². The van der Waals surface area contributed by atoms with Crippen LogP contribution >= 0.6 is 0 Å². The number of anilines is 1. The number of aryl methyl sites for hydroxylation is 1. The summed E-state index contributed by atoms with van der Waals surface area (Å²) >= 11 is 0. The Morgan fingerprint density at radius 1 is 1.29 bits per heavy atom. The van der Waals surface area contributed by atoms with Crippen LogP contribution in [0.2, 0.25) is 0 Å². The molecule has 0 bridgehead atoms. The van der Waals surface area contributed by atoms with Gasteiger partial charge in [0.15, 0.2) is 0 Å². The molecule has 2 rings (SSSR count). The summed E-state index contributed by atoms with van der Waals surface area (Å²) in [5, 5.41) is 1.82. The van der Waals surface area contributed by atoms with Crippen LogP contribution in [0, 0.1) is 6.92 Å². The van der Waals surface area contributed by atoms with Crippen molar-refractivity contribution in [3.05, 3.63) is 29.8 Å². The molecular weight excluding hydrogens is 176 g/mol. The van der Waals surface area contributed by atoms with Crippen molar-refractivity contribution in [2.75, 3.05) is 12.1 Å². The number of nitrogens with one attached hydrogen (secondary N) is 1. The third kappa shape index (κ3) is 2.10. The molecule has 0 aliphatic carbocycles. The first-order chi connectivity index (χ1) is 6.84. The summed E-state index contributed by atoms with van der Waals surface area (Å²) in [6.45, 7) is 2.66. The third-order valence-corrected chi connectivity index (χ3v) is 1.91. The molecule has 0 amide bonds. The minimum atomic E-state index is 0.595. The number of hydrogen-bond acceptors (Lipinski definition) is 4. The fourth-order valence-electron chi connectivity index (χ4n) is 1.18. The number of hydrazine groups is 1. The van der Waals surface area contributed by atoms with E-state index in [1.54, 1.807) is 12.7 Å². The van der Waals surface area contributed by atoms with Crippen molar-refractivity contribution in [2.45, 2.75) is 6.92 Å². The monoisotopic (exact) mass is 188 g/mol. The van der Waals surface area contributed by atoms with Crippen molar-refractivity contribution in [3.63, 3.8) is 0 Å². The Balaban J connectivity index is 2.00. The van der Waals surface area contributed by atoms with Gasteiger partial charge < -0.3 is 0 Å². The number of rotatable bonds is 2. The largest absolute Gasteiger partial charge is 0.296 e. The lowest BCUT2D eigenvalue weighted by Crippen LogP contribution is -2.30. The molecule has 1 heterocycles. The van der Waals surface area contributed by atoms with Crippen LogP contribution in [0.15, 0.2) is 34.3 Å². The van der Waals surface area contributed by atoms with E-state index in [4.69, 9.17) is 0 Å². The molecule has 14 heavy (non-hydrogen) atoms. The van der Waals surface area contributed by atoms with Gasteiger partial charge in [0.05, 0.1) is 5.69 Å². The Morgan fingerprint density at radius 2 is 2.07 bits per heavy atom. The van der Waals surface area contributed by atoms with Crippen LogP contribution in [0.3, 0.4) is 0 Å². The molecule has 0 saturated heterocycles. The van der Waals surface area contributed by atoms with Crippen molar-refractivity contribution in [1.29, 1.82) is 0 Å². The molecule has 0 fully saturated rings. The van der Waals surface area contributed by atoms with E-state index in [1.165, 1.54) is 5.56 Å². The summed E-state index contributed by atoms with van der Waals surface area (Å²) in [7, 11) is 0. The number of nitrogens with zero attached hydrogens (tertiary/aromatic N) is 3. The van der Waals surface area contributed by atoms with Gasteiger partial charge in [-0.25, -0.2) is 4.99 Å². The molecular formula is C10H12N4. The summed E-state index contributed by atoms with van der Waals surface area (Å²) < 4.78 is 0. The molecule has 1 aliphatic rings. The van der Waals surface area contributed by atoms with Crippen molar-refractivity contribution in [2.24, 2.45) is 9.98 Å². The molecule has 0 aromatic heterocycles. The van der Waals surface area contributed by atoms with Crippen LogP contribution in [0.4, 0.5) is 5.69 Å². The molecule has 0 radical (unpaired) electrons. The van der Waals surface area contributed by atoms with Gasteiger partial charge in [-0.15, -0.1) is 0 Å². The van der Waals surface area contributed by atoms with Gasteiger partial charge in [0.1, 0.15) is 19.3 Å². The van der Waals surface area contributed by atoms with Crippen LogP contribution in [0.1, 0.15) is 5.56 Å². The van der Waals surface area contributed by atoms with E-state index in [9.17, 15) is 0 Å². The van der Waals surface area contributed by atoms with Crippen molar-refractivity contribution >= 4 is 18.4 Å². The summed E-state index contributed by atoms with van der Waals surface area (Å²) in [5.74, 6) is 0. The maximum atomic E-state index is 4.01. The van der Waals surface area contributed by atoms with Gasteiger partial charge in [0, 0.05) is 0 Å². The van der Waals surface area contributed by atoms with E-state index in [2.05, 4.69) is 34.5 Å². The van der Waals surface area contributed by atoms with Crippen LogP contribution < -0.4 is 5.43 Å². The first-order valence-corrected chi connectivity index (χ1v) is 4.46. The highest BCUT2D eigenvalue weighted by Crippen LogP contribution is 2.09. The minimum absolute atomic E-state index is 0.595. The van der Waals surface area contributed by atoms with Crippen LogP contribution in [0.25, 0.3) is 0 Å². The van der Waals surface area contributed by atoms with Gasteiger partial charge in [-0.1, -0.05) is 17.7 Å². The first-order valence-electron chi connectivity index (χ1n) is 4.46. The van der Waals surface area contributed by atoms with Gasteiger partial charge in [-0.2, -0.15) is 0 Å². The molecule has 0 saturated carbocycles. The molecule has 72 valence electrons. The lowest BCUT2D eigenvalue weighted by atomic mass is 10.2. The second kappa shape index (κ2) is 3.91. The Hall–Kier alpha value is -1.84. The molecule has 0 atom stereocenters. The SMILES string of the molecule is Cc1ccc(NN2C=NC=NC2)cc1. The Labute approximate surface area is 83.0 Å². The van der Waals surface area contributed by atoms with Crippen molar-refractivity contribution in [1.82, 2.24) is 5.01 Å². The molecule has 4 heteroatoms. The van der Waals surface area contributed by atoms with Gasteiger partial charge >= 0.3 is 0 Å². The third-order valence-electron chi connectivity index (χ3n) is 1.91. The van der Waals surface area contributed by atoms with E-state index in [-0.39, 0.29) is 0 Å². The zero-order chi connectivity index (χ0) is 9.80. The normalized spacial score (nSPS) is 14.5. The lowest BCUT2D eigenvalue weighted by molar-refractivity contribution is 0.524. The number of hydrogen-bond donors (Lipinski definition) is 1. The Kier molecular flexibility index (Phi) is 2.44. The maximum Gasteiger partial charge on any atom is 0.132 e. The van der Waals surface area contributed by atoms with Crippen LogP contribution in [-0.4, -0.2) is 24.4 Å². The van der Waals surface area contributed by atoms with E-state index < -0.39 is 0 Å². The molecule has 4 nitrogen and oxygen atoms in total. The van der Waals surface area contributed by atoms with Crippen LogP contribution in [0.5, 0.6) is 0 Å². The summed E-state index contributed by atoms with van der Waals surface area (Å²) in [6, 6.07) is 8.18. The molecule has 1 aromatic carbocycles. The molecule has 0 unspecified atom stereocenters. The highest BCUT2D eigenvalue weighted by atomic mass is 15.5. The second-order valence-electron chi connectivity index (χ2n) is 3.15. The zero-order valence-electron chi connectivity index (χ0n) is 8.01. The smallest absolute Gasteiger partial charge is 0.132 e. The van der Waals surface area contributed by atoms with E-state index in [0.717, 1.165) is 5.69 Å². The fraction of sp³-hybridized carbons (Fsp3) is 0.200. The average Bonchev–Trinajstić information content (AvgIpc) is 2.23. The number of benzene rings is 1. The van der Waals surface area contributed by atoms with Gasteiger partial charge in [0.2, 0.25) is 0 Å². The fourth-order valence-corrected chi connectivity index (χ4v) is 1.18. The van der Waals surface area contributed by atoms with Crippen LogP contribution in [-0.2, 0) is 0 Å². The summed E-state index contributed by atoms with van der Waals surface area (Å²) in [5.41, 5.74) is 5.47.